The van der Waals surface area contributed by atoms with E-state index in [1.165, 1.54) is 0 Å². The molecule has 1 amide bonds. The monoisotopic (exact) mass is 449 g/mol. The summed E-state index contributed by atoms with van der Waals surface area (Å²) >= 11 is 0. The number of aliphatic imine (C=N–C) groups is 1. The molecule has 0 radical (unpaired) electrons. The normalized spacial score (nSPS) is 11.4. The maximum Gasteiger partial charge on any atom is 0.242 e. The minimum atomic E-state index is 0.0935. The maximum absolute atomic E-state index is 12.5. The van der Waals surface area contributed by atoms with Gasteiger partial charge in [0.1, 0.15) is 6.61 Å². The van der Waals surface area contributed by atoms with Gasteiger partial charge in [-0.1, -0.05) is 19.9 Å². The van der Waals surface area contributed by atoms with E-state index in [4.69, 9.17) is 14.5 Å². The van der Waals surface area contributed by atoms with Crippen LogP contribution in [0.15, 0.2) is 23.2 Å². The Morgan fingerprint density at radius 3 is 2.28 bits per heavy atom. The van der Waals surface area contributed by atoms with Gasteiger partial charge in [0, 0.05) is 33.2 Å². The number of ether oxygens (including phenoxy) is 2. The van der Waals surface area contributed by atoms with Gasteiger partial charge < -0.3 is 29.5 Å². The first-order valence-electron chi connectivity index (χ1n) is 11.7. The van der Waals surface area contributed by atoms with Gasteiger partial charge in [-0.15, -0.1) is 0 Å². The topological polar surface area (TPSA) is 69.6 Å². The van der Waals surface area contributed by atoms with Crippen molar-refractivity contribution in [1.29, 1.82) is 0 Å². The zero-order valence-electron chi connectivity index (χ0n) is 21.1. The number of nitrogens with zero attached hydrogens (tertiary/aromatic N) is 4. The van der Waals surface area contributed by atoms with Gasteiger partial charge in [-0.3, -0.25) is 4.79 Å². The highest BCUT2D eigenvalue weighted by atomic mass is 16.5. The van der Waals surface area contributed by atoms with Crippen molar-refractivity contribution >= 4 is 11.9 Å². The van der Waals surface area contributed by atoms with Crippen LogP contribution in [0.5, 0.6) is 11.5 Å². The van der Waals surface area contributed by atoms with E-state index in [0.29, 0.717) is 38.0 Å². The Balaban J connectivity index is 2.83. The number of carbonyl (C=O) groups excluding carboxylic acids is 1. The molecule has 0 saturated carbocycles. The van der Waals surface area contributed by atoms with Crippen molar-refractivity contribution in [3.8, 4) is 11.5 Å². The Hall–Kier alpha value is -2.48. The number of hydrogen-bond donors (Lipinski definition) is 1. The molecule has 0 unspecified atom stereocenters. The molecule has 8 nitrogen and oxygen atoms in total. The molecule has 1 aromatic rings. The quantitative estimate of drug-likeness (QED) is 0.348. The van der Waals surface area contributed by atoms with E-state index in [1.54, 1.807) is 7.11 Å². The van der Waals surface area contributed by atoms with Gasteiger partial charge in [-0.2, -0.15) is 0 Å². The number of methoxy groups -OCH3 is 1. The molecule has 0 aliphatic rings. The highest BCUT2D eigenvalue weighted by Crippen LogP contribution is 2.28. The summed E-state index contributed by atoms with van der Waals surface area (Å²) in [6.07, 6.45) is 0. The predicted octanol–water partition coefficient (Wildman–Crippen LogP) is 2.68. The lowest BCUT2D eigenvalue weighted by atomic mass is 10.2. The average Bonchev–Trinajstić information content (AvgIpc) is 2.80. The summed E-state index contributed by atoms with van der Waals surface area (Å²) in [7, 11) is 3.53. The highest BCUT2D eigenvalue weighted by molar-refractivity contribution is 5.86. The molecule has 1 rings (SSSR count). The summed E-state index contributed by atoms with van der Waals surface area (Å²) < 4.78 is 11.5. The van der Waals surface area contributed by atoms with Crippen molar-refractivity contribution < 1.29 is 14.3 Å². The number of likely N-dealkylation sites (N-methyl/N-ethyl adjacent to an activating group) is 3. The summed E-state index contributed by atoms with van der Waals surface area (Å²) in [6, 6.07) is 5.90. The summed E-state index contributed by atoms with van der Waals surface area (Å²) in [5.41, 5.74) is 1.01. The molecule has 1 N–H and O–H groups in total. The molecule has 0 saturated heterocycles. The fourth-order valence-corrected chi connectivity index (χ4v) is 3.34. The largest absolute Gasteiger partial charge is 0.493 e. The number of nitrogens with one attached hydrogen (secondary N) is 1. The van der Waals surface area contributed by atoms with Crippen molar-refractivity contribution in [3.05, 3.63) is 23.8 Å². The van der Waals surface area contributed by atoms with Crippen LogP contribution in [0, 0.1) is 0 Å². The molecule has 0 aromatic heterocycles. The Morgan fingerprint density at radius 2 is 1.72 bits per heavy atom. The Labute approximate surface area is 194 Å². The summed E-state index contributed by atoms with van der Waals surface area (Å²) in [5, 5.41) is 3.27. The zero-order chi connectivity index (χ0) is 23.9. The maximum atomic E-state index is 12.5. The number of carbonyl (C=O) groups is 1. The molecule has 0 heterocycles. The second-order valence-electron chi connectivity index (χ2n) is 7.45. The van der Waals surface area contributed by atoms with Crippen molar-refractivity contribution in [2.75, 3.05) is 66.6 Å². The Morgan fingerprint density at radius 1 is 1.03 bits per heavy atom. The molecule has 0 aliphatic carbocycles. The Bertz CT molecular complexity index is 703. The van der Waals surface area contributed by atoms with Crippen LogP contribution >= 0.6 is 0 Å². The zero-order valence-corrected chi connectivity index (χ0v) is 21.1. The molecule has 0 aliphatic heterocycles. The van der Waals surface area contributed by atoms with E-state index in [0.717, 1.165) is 37.5 Å². The fourth-order valence-electron chi connectivity index (χ4n) is 3.34. The van der Waals surface area contributed by atoms with Gasteiger partial charge in [0.05, 0.1) is 20.2 Å². The van der Waals surface area contributed by atoms with E-state index in [-0.39, 0.29) is 12.5 Å². The molecule has 182 valence electrons. The van der Waals surface area contributed by atoms with Crippen LogP contribution in [0.4, 0.5) is 0 Å². The van der Waals surface area contributed by atoms with Crippen molar-refractivity contribution in [3.63, 3.8) is 0 Å². The SMILES string of the molecule is CCNC(=NCc1ccc(OCCN(CC)CC)c(OC)c1)N(C)CC(=O)N(CC)CC. The summed E-state index contributed by atoms with van der Waals surface area (Å²) in [5.74, 6) is 2.23. The summed E-state index contributed by atoms with van der Waals surface area (Å²) in [4.78, 5) is 23.2. The summed E-state index contributed by atoms with van der Waals surface area (Å²) in [6.45, 7) is 16.7. The van der Waals surface area contributed by atoms with Crippen LogP contribution in [-0.2, 0) is 11.3 Å². The van der Waals surface area contributed by atoms with Crippen molar-refractivity contribution in [2.45, 2.75) is 41.2 Å². The highest BCUT2D eigenvalue weighted by Gasteiger charge is 2.15. The third kappa shape index (κ3) is 8.94. The molecule has 0 fully saturated rings. The van der Waals surface area contributed by atoms with E-state index in [2.05, 4.69) is 24.1 Å². The first kappa shape index (κ1) is 27.6. The molecule has 32 heavy (non-hydrogen) atoms. The van der Waals surface area contributed by atoms with Crippen LogP contribution in [0.1, 0.15) is 40.2 Å². The van der Waals surface area contributed by atoms with E-state index in [1.807, 2.05) is 55.8 Å². The minimum absolute atomic E-state index is 0.0935. The first-order valence-corrected chi connectivity index (χ1v) is 11.7. The standard InChI is InChI=1S/C24H43N5O3/c1-8-25-24(27(6)19-23(30)29(11-4)12-5)26-18-20-13-14-21(22(17-20)31-7)32-16-15-28(9-2)10-3/h13-14,17H,8-12,15-16,18-19H2,1-7H3,(H,25,26). The lowest BCUT2D eigenvalue weighted by Gasteiger charge is -2.25. The number of guanidine groups is 1. The minimum Gasteiger partial charge on any atom is -0.493 e. The van der Waals surface area contributed by atoms with Gasteiger partial charge >= 0.3 is 0 Å². The number of amides is 1. The Kier molecular flexibility index (Phi) is 13.2. The van der Waals surface area contributed by atoms with Crippen LogP contribution in [-0.4, -0.2) is 93.1 Å². The van der Waals surface area contributed by atoms with Crippen LogP contribution in [0.3, 0.4) is 0 Å². The molecule has 1 aromatic carbocycles. The van der Waals surface area contributed by atoms with E-state index < -0.39 is 0 Å². The smallest absolute Gasteiger partial charge is 0.242 e. The van der Waals surface area contributed by atoms with Gasteiger partial charge in [0.15, 0.2) is 17.5 Å². The molecular formula is C24H43N5O3. The lowest BCUT2D eigenvalue weighted by molar-refractivity contribution is -0.131. The van der Waals surface area contributed by atoms with Gasteiger partial charge in [-0.25, -0.2) is 4.99 Å². The molecule has 8 heteroatoms. The molecule has 0 bridgehead atoms. The number of rotatable bonds is 14. The molecular weight excluding hydrogens is 406 g/mol. The number of hydrogen-bond acceptors (Lipinski definition) is 5. The second kappa shape index (κ2) is 15.3. The van der Waals surface area contributed by atoms with Crippen LogP contribution < -0.4 is 14.8 Å². The van der Waals surface area contributed by atoms with Crippen molar-refractivity contribution in [1.82, 2.24) is 20.0 Å². The van der Waals surface area contributed by atoms with Gasteiger partial charge in [0.25, 0.3) is 0 Å². The van der Waals surface area contributed by atoms with Crippen molar-refractivity contribution in [2.24, 2.45) is 4.99 Å². The third-order valence-electron chi connectivity index (χ3n) is 5.38. The molecule has 0 atom stereocenters. The van der Waals surface area contributed by atoms with Gasteiger partial charge in [0.2, 0.25) is 5.91 Å². The predicted molar refractivity (Wildman–Crippen MR) is 132 cm³/mol. The van der Waals surface area contributed by atoms with Crippen LogP contribution in [0.25, 0.3) is 0 Å². The number of benzene rings is 1. The van der Waals surface area contributed by atoms with Gasteiger partial charge in [-0.05, 0) is 51.6 Å². The second-order valence-corrected chi connectivity index (χ2v) is 7.45. The fraction of sp³-hybridized carbons (Fsp3) is 0.667. The first-order chi connectivity index (χ1) is 15.4. The average molecular weight is 450 g/mol. The molecule has 0 spiro atoms. The lowest BCUT2D eigenvalue weighted by Crippen LogP contribution is -2.45. The third-order valence-corrected chi connectivity index (χ3v) is 5.38. The van der Waals surface area contributed by atoms with E-state index in [9.17, 15) is 4.79 Å². The van der Waals surface area contributed by atoms with E-state index >= 15 is 0 Å². The van der Waals surface area contributed by atoms with Crippen LogP contribution in [0.2, 0.25) is 0 Å².